The number of nitrogens with zero attached hydrogens (tertiary/aromatic N) is 3. The van der Waals surface area contributed by atoms with Gasteiger partial charge in [0, 0.05) is 73.8 Å². The number of aromatic nitrogens is 1. The molecule has 55 heavy (non-hydrogen) atoms. The van der Waals surface area contributed by atoms with E-state index in [1.54, 1.807) is 19.2 Å². The molecule has 1 aromatic heterocycles. The summed E-state index contributed by atoms with van der Waals surface area (Å²) in [6.07, 6.45) is 4.94. The Balaban J connectivity index is 1.26. The molecule has 2 fully saturated rings. The first-order valence-electron chi connectivity index (χ1n) is 19.3. The molecule has 10 nitrogen and oxygen atoms in total. The molecule has 1 aliphatic heterocycles. The summed E-state index contributed by atoms with van der Waals surface area (Å²) < 4.78 is 31.3. The Morgan fingerprint density at radius 2 is 1.76 bits per heavy atom. The fraction of sp³-hybridized carbons (Fsp3) is 0.512. The van der Waals surface area contributed by atoms with Crippen molar-refractivity contribution in [3.63, 3.8) is 0 Å². The molecule has 2 aromatic carbocycles. The zero-order valence-electron chi connectivity index (χ0n) is 32.3. The molecule has 0 bridgehead atoms. The summed E-state index contributed by atoms with van der Waals surface area (Å²) in [5.74, 6) is -2.70. The smallest absolute Gasteiger partial charge is 0.248 e. The monoisotopic (exact) mass is 760 g/mol. The van der Waals surface area contributed by atoms with Gasteiger partial charge < -0.3 is 20.3 Å². The van der Waals surface area contributed by atoms with Crippen LogP contribution >= 0.6 is 0 Å². The summed E-state index contributed by atoms with van der Waals surface area (Å²) in [5, 5.41) is 10.2. The second-order valence-electron chi connectivity index (χ2n) is 16.4. The van der Waals surface area contributed by atoms with Crippen molar-refractivity contribution < 1.29 is 37.9 Å². The van der Waals surface area contributed by atoms with Crippen LogP contribution in [0, 0.1) is 34.8 Å². The fourth-order valence-corrected chi connectivity index (χ4v) is 8.23. The molecule has 0 radical (unpaired) electrons. The summed E-state index contributed by atoms with van der Waals surface area (Å²) in [7, 11) is 0. The maximum atomic E-state index is 15.1. The van der Waals surface area contributed by atoms with Crippen molar-refractivity contribution in [1.82, 2.24) is 14.4 Å². The number of hydrogen-bond donors (Lipinski definition) is 2. The van der Waals surface area contributed by atoms with Gasteiger partial charge >= 0.3 is 0 Å². The molecule has 296 valence electrons. The van der Waals surface area contributed by atoms with Gasteiger partial charge in [0.25, 0.3) is 0 Å². The number of Topliss-reactive ketones (excluding diaryl/α,β-unsaturated/α-hetero) is 2. The lowest BCUT2D eigenvalue weighted by Gasteiger charge is -2.41. The third kappa shape index (κ3) is 10.2. The highest BCUT2D eigenvalue weighted by molar-refractivity contribution is 6.03. The summed E-state index contributed by atoms with van der Waals surface area (Å²) in [6, 6.07) is 13.1. The minimum Gasteiger partial charge on any atom is -0.387 e. The van der Waals surface area contributed by atoms with Gasteiger partial charge in [0.15, 0.2) is 0 Å². The number of amides is 3. The van der Waals surface area contributed by atoms with Crippen LogP contribution in [0.15, 0.2) is 60.8 Å². The van der Waals surface area contributed by atoms with Crippen LogP contribution in [0.25, 0.3) is 11.1 Å². The topological polar surface area (TPSA) is 143 Å². The van der Waals surface area contributed by atoms with E-state index in [4.69, 9.17) is 5.73 Å². The molecule has 2 heterocycles. The Bertz CT molecular complexity index is 1870. The SMILES string of the molecule is CC1CC(=O)N(CCCC(=O)[C@@H]2CC[C@H](CC(=O)[C@@H](N)CCN(C(=O)CO)[C@@H](c3cc(-c4cc(F)ccc4F)cn3Cc3ccccc3)C(C)(C)C)C2)C1=O. The standard InChI is InChI=1S/C43H54F2N4O6/c1-27-19-39(53)49(42(27)55)17-8-11-37(51)30-13-12-29(20-30)21-38(52)35(46)16-18-48(40(54)26-50)41(43(2,3)4)36-22-31(33-23-32(44)14-15-34(33)45)25-47(36)24-28-9-6-5-7-10-28/h5-7,9-10,14-15,22-23,25,27,29-30,35,41,50H,8,11-13,16-21,24,26,46H2,1-4H3/t27?,29-,30+,35-,41-/m0/s1. The third-order valence-electron chi connectivity index (χ3n) is 11.1. The summed E-state index contributed by atoms with van der Waals surface area (Å²) in [4.78, 5) is 67.0. The van der Waals surface area contributed by atoms with Crippen LogP contribution < -0.4 is 5.73 Å². The number of carbonyl (C=O) groups is 5. The first-order chi connectivity index (χ1) is 26.1. The number of imide groups is 1. The van der Waals surface area contributed by atoms with Crippen LogP contribution in [0.4, 0.5) is 8.78 Å². The van der Waals surface area contributed by atoms with Crippen LogP contribution in [0.5, 0.6) is 0 Å². The Kier molecular flexibility index (Phi) is 13.6. The average molecular weight is 761 g/mol. The first kappa shape index (κ1) is 41.6. The quantitative estimate of drug-likeness (QED) is 0.156. The number of aliphatic hydroxyl groups is 1. The molecule has 5 rings (SSSR count). The van der Waals surface area contributed by atoms with Crippen LogP contribution in [0.2, 0.25) is 0 Å². The van der Waals surface area contributed by atoms with Crippen molar-refractivity contribution in [2.45, 2.75) is 97.7 Å². The predicted molar refractivity (Wildman–Crippen MR) is 204 cm³/mol. The van der Waals surface area contributed by atoms with E-state index in [2.05, 4.69) is 0 Å². The van der Waals surface area contributed by atoms with E-state index in [1.165, 1.54) is 9.80 Å². The average Bonchev–Trinajstić information content (AvgIpc) is 3.84. The van der Waals surface area contributed by atoms with Crippen LogP contribution in [0.3, 0.4) is 0 Å². The van der Waals surface area contributed by atoms with Crippen molar-refractivity contribution in [3.8, 4) is 11.1 Å². The van der Waals surface area contributed by atoms with E-state index < -0.39 is 41.6 Å². The molecule has 3 N–H and O–H groups in total. The van der Waals surface area contributed by atoms with E-state index in [0.29, 0.717) is 43.5 Å². The Labute approximate surface area is 322 Å². The first-order valence-corrected chi connectivity index (χ1v) is 19.3. The lowest BCUT2D eigenvalue weighted by atomic mass is 9.82. The number of ketones is 2. The van der Waals surface area contributed by atoms with Crippen molar-refractivity contribution in [1.29, 1.82) is 0 Å². The van der Waals surface area contributed by atoms with Crippen molar-refractivity contribution >= 4 is 29.3 Å². The molecular formula is C43H54F2N4O6. The molecule has 3 aromatic rings. The van der Waals surface area contributed by atoms with E-state index >= 15 is 4.39 Å². The second-order valence-corrected chi connectivity index (χ2v) is 16.4. The zero-order valence-corrected chi connectivity index (χ0v) is 32.3. The summed E-state index contributed by atoms with van der Waals surface area (Å²) in [5.41, 5.74) is 7.95. The molecule has 3 amide bonds. The van der Waals surface area contributed by atoms with E-state index in [0.717, 1.165) is 23.8 Å². The molecule has 2 aliphatic rings. The number of benzene rings is 2. The maximum Gasteiger partial charge on any atom is 0.248 e. The highest BCUT2D eigenvalue weighted by atomic mass is 19.1. The number of likely N-dealkylation sites (tertiary alicyclic amines) is 1. The van der Waals surface area contributed by atoms with Gasteiger partial charge in [-0.2, -0.15) is 0 Å². The molecule has 1 unspecified atom stereocenters. The van der Waals surface area contributed by atoms with Crippen LogP contribution in [-0.2, 0) is 30.5 Å². The molecular weight excluding hydrogens is 706 g/mol. The normalized spacial score (nSPS) is 19.9. The number of halogens is 2. The van der Waals surface area contributed by atoms with E-state index in [-0.39, 0.29) is 85.5 Å². The van der Waals surface area contributed by atoms with Gasteiger partial charge in [-0.25, -0.2) is 8.78 Å². The number of hydrogen-bond acceptors (Lipinski definition) is 7. The van der Waals surface area contributed by atoms with Gasteiger partial charge in [0.2, 0.25) is 17.7 Å². The lowest BCUT2D eigenvalue weighted by Crippen LogP contribution is -2.46. The van der Waals surface area contributed by atoms with Crippen molar-refractivity contribution in [2.24, 2.45) is 28.9 Å². The van der Waals surface area contributed by atoms with E-state index in [1.807, 2.05) is 55.7 Å². The zero-order chi connectivity index (χ0) is 40.0. The van der Waals surface area contributed by atoms with Gasteiger partial charge in [0.05, 0.1) is 12.1 Å². The van der Waals surface area contributed by atoms with Crippen LogP contribution in [0.1, 0.15) is 96.4 Å². The number of rotatable bonds is 17. The number of carbonyl (C=O) groups excluding carboxylic acids is 5. The largest absolute Gasteiger partial charge is 0.387 e. The van der Waals surface area contributed by atoms with Gasteiger partial charge in [-0.15, -0.1) is 0 Å². The molecule has 0 spiro atoms. The molecule has 1 saturated heterocycles. The predicted octanol–water partition coefficient (Wildman–Crippen LogP) is 6.23. The van der Waals surface area contributed by atoms with Gasteiger partial charge in [0.1, 0.15) is 29.8 Å². The van der Waals surface area contributed by atoms with Crippen molar-refractivity contribution in [2.75, 3.05) is 19.7 Å². The maximum absolute atomic E-state index is 15.1. The Hall–Kier alpha value is -4.55. The highest BCUT2D eigenvalue weighted by Crippen LogP contribution is 2.41. The summed E-state index contributed by atoms with van der Waals surface area (Å²) in [6.45, 7) is 7.48. The van der Waals surface area contributed by atoms with Gasteiger partial charge in [-0.1, -0.05) is 58.0 Å². The Morgan fingerprint density at radius 3 is 2.42 bits per heavy atom. The number of nitrogens with two attached hydrogens (primary N) is 1. The Morgan fingerprint density at radius 1 is 1.04 bits per heavy atom. The van der Waals surface area contributed by atoms with Gasteiger partial charge in [-0.3, -0.25) is 28.9 Å². The minimum atomic E-state index is -0.893. The molecule has 12 heteroatoms. The summed E-state index contributed by atoms with van der Waals surface area (Å²) >= 11 is 0. The molecule has 1 saturated carbocycles. The van der Waals surface area contributed by atoms with E-state index in [9.17, 15) is 33.5 Å². The fourth-order valence-electron chi connectivity index (χ4n) is 8.23. The lowest BCUT2D eigenvalue weighted by molar-refractivity contribution is -0.140. The second kappa shape index (κ2) is 17.9. The minimum absolute atomic E-state index is 0.00418. The molecule has 5 atom stereocenters. The molecule has 1 aliphatic carbocycles. The van der Waals surface area contributed by atoms with Crippen LogP contribution in [-0.4, -0.2) is 74.5 Å². The van der Waals surface area contributed by atoms with Gasteiger partial charge in [-0.05, 0) is 73.3 Å². The van der Waals surface area contributed by atoms with Crippen molar-refractivity contribution in [3.05, 3.63) is 83.7 Å². The number of aliphatic hydroxyl groups excluding tert-OH is 1. The third-order valence-corrected chi connectivity index (χ3v) is 11.1. The highest BCUT2D eigenvalue weighted by Gasteiger charge is 2.39.